The summed E-state index contributed by atoms with van der Waals surface area (Å²) in [5, 5.41) is 0. The molecule has 0 aliphatic heterocycles. The minimum atomic E-state index is 1.22. The normalized spacial score (nSPS) is 17.9. The number of rotatable bonds is 3. The lowest BCUT2D eigenvalue weighted by Crippen LogP contribution is -2.05. The first-order chi connectivity index (χ1) is 7.40. The van der Waals surface area contributed by atoms with Gasteiger partial charge in [-0.1, -0.05) is 56.9 Å². The molecule has 0 N–H and O–H groups in total. The van der Waals surface area contributed by atoms with Crippen LogP contribution in [0, 0.1) is 5.92 Å². The molecule has 0 amide bonds. The van der Waals surface area contributed by atoms with Crippen molar-refractivity contribution in [3.05, 3.63) is 41.3 Å². The van der Waals surface area contributed by atoms with E-state index in [1.54, 1.807) is 5.92 Å². The molecule has 1 aliphatic rings. The highest BCUT2D eigenvalue weighted by Gasteiger charge is 2.15. The molecule has 1 fully saturated rings. The lowest BCUT2D eigenvalue weighted by molar-refractivity contribution is 0.551. The summed E-state index contributed by atoms with van der Waals surface area (Å²) < 4.78 is 0. The van der Waals surface area contributed by atoms with Gasteiger partial charge >= 0.3 is 0 Å². The van der Waals surface area contributed by atoms with Crippen molar-refractivity contribution in [2.75, 3.05) is 0 Å². The van der Waals surface area contributed by atoms with Crippen LogP contribution in [-0.4, -0.2) is 0 Å². The Balaban J connectivity index is 2.02. The van der Waals surface area contributed by atoms with Crippen LogP contribution in [0.15, 0.2) is 24.3 Å². The molecule has 1 radical (unpaired) electrons. The van der Waals surface area contributed by atoms with Gasteiger partial charge in [-0.25, -0.2) is 0 Å². The first-order valence-electron chi connectivity index (χ1n) is 6.34. The van der Waals surface area contributed by atoms with Crippen molar-refractivity contribution in [3.8, 4) is 0 Å². The Bertz CT molecular complexity index is 277. The van der Waals surface area contributed by atoms with E-state index in [-0.39, 0.29) is 0 Å². The van der Waals surface area contributed by atoms with Crippen LogP contribution < -0.4 is 0 Å². The first-order valence-corrected chi connectivity index (χ1v) is 6.34. The van der Waals surface area contributed by atoms with Gasteiger partial charge in [0, 0.05) is 5.92 Å². The van der Waals surface area contributed by atoms with E-state index in [0.717, 1.165) is 0 Å². The largest absolute Gasteiger partial charge is 0.0651 e. The fourth-order valence-corrected chi connectivity index (χ4v) is 2.46. The van der Waals surface area contributed by atoms with Crippen LogP contribution in [0.4, 0.5) is 0 Å². The molecule has 2 rings (SSSR count). The van der Waals surface area contributed by atoms with Gasteiger partial charge in [0.2, 0.25) is 0 Å². The van der Waals surface area contributed by atoms with E-state index in [1.165, 1.54) is 56.1 Å². The smallest absolute Gasteiger partial charge is 0.00498 e. The maximum atomic E-state index is 2.33. The first kappa shape index (κ1) is 10.7. The summed E-state index contributed by atoms with van der Waals surface area (Å²) in [6.07, 6.45) is 9.33. The highest BCUT2D eigenvalue weighted by molar-refractivity contribution is 5.33. The predicted octanol–water partition coefficient (Wildman–Crippen LogP) is 4.53. The van der Waals surface area contributed by atoms with Crippen molar-refractivity contribution >= 4 is 0 Å². The lowest BCUT2D eigenvalue weighted by Gasteiger charge is -2.21. The lowest BCUT2D eigenvalue weighted by atomic mass is 9.84. The standard InChI is InChI=1S/C15H21/c1-2-6-13-9-11-15(12-10-13)14-7-4-3-5-8-14/h9-12H,2-8H2,1H3. The predicted molar refractivity (Wildman–Crippen MR) is 65.9 cm³/mol. The fraction of sp³-hybridized carbons (Fsp3) is 0.533. The Morgan fingerprint density at radius 2 is 1.60 bits per heavy atom. The second-order valence-corrected chi connectivity index (χ2v) is 4.61. The van der Waals surface area contributed by atoms with E-state index >= 15 is 0 Å². The molecule has 0 heteroatoms. The van der Waals surface area contributed by atoms with Crippen molar-refractivity contribution in [1.29, 1.82) is 0 Å². The Labute approximate surface area is 93.7 Å². The van der Waals surface area contributed by atoms with Crippen LogP contribution in [0.3, 0.4) is 0 Å². The van der Waals surface area contributed by atoms with Gasteiger partial charge in [-0.3, -0.25) is 0 Å². The van der Waals surface area contributed by atoms with E-state index in [0.29, 0.717) is 0 Å². The molecule has 0 atom stereocenters. The quantitative estimate of drug-likeness (QED) is 0.674. The highest BCUT2D eigenvalue weighted by Crippen LogP contribution is 2.31. The molecule has 81 valence electrons. The molecule has 0 nitrogen and oxygen atoms in total. The molecule has 0 saturated heterocycles. The van der Waals surface area contributed by atoms with Crippen molar-refractivity contribution in [3.63, 3.8) is 0 Å². The van der Waals surface area contributed by atoms with Gasteiger partial charge in [-0.05, 0) is 30.4 Å². The fourth-order valence-electron chi connectivity index (χ4n) is 2.46. The third-order valence-electron chi connectivity index (χ3n) is 3.36. The van der Waals surface area contributed by atoms with Crippen molar-refractivity contribution in [1.82, 2.24) is 0 Å². The van der Waals surface area contributed by atoms with Crippen molar-refractivity contribution in [2.24, 2.45) is 0 Å². The number of hydrogen-bond donors (Lipinski definition) is 0. The van der Waals surface area contributed by atoms with Gasteiger partial charge in [-0.2, -0.15) is 0 Å². The van der Waals surface area contributed by atoms with Gasteiger partial charge in [0.05, 0.1) is 0 Å². The third-order valence-corrected chi connectivity index (χ3v) is 3.36. The molecule has 0 aromatic heterocycles. The summed E-state index contributed by atoms with van der Waals surface area (Å²) in [4.78, 5) is 0. The molecule has 0 bridgehead atoms. The van der Waals surface area contributed by atoms with E-state index in [1.807, 2.05) is 0 Å². The second kappa shape index (κ2) is 5.34. The maximum absolute atomic E-state index is 2.33. The minimum Gasteiger partial charge on any atom is -0.0651 e. The summed E-state index contributed by atoms with van der Waals surface area (Å²) in [6, 6.07) is 9.26. The van der Waals surface area contributed by atoms with Gasteiger partial charge in [0.1, 0.15) is 0 Å². The van der Waals surface area contributed by atoms with Gasteiger partial charge < -0.3 is 0 Å². The van der Waals surface area contributed by atoms with Crippen LogP contribution in [0.25, 0.3) is 0 Å². The Morgan fingerprint density at radius 3 is 2.20 bits per heavy atom. The zero-order valence-corrected chi connectivity index (χ0v) is 9.76. The van der Waals surface area contributed by atoms with Crippen LogP contribution in [0.2, 0.25) is 0 Å². The van der Waals surface area contributed by atoms with Crippen LogP contribution in [0.1, 0.15) is 56.6 Å². The summed E-state index contributed by atoms with van der Waals surface area (Å²) in [5.74, 6) is 1.68. The van der Waals surface area contributed by atoms with E-state index in [4.69, 9.17) is 0 Å². The molecule has 1 saturated carbocycles. The van der Waals surface area contributed by atoms with Gasteiger partial charge in [0.25, 0.3) is 0 Å². The molecule has 15 heavy (non-hydrogen) atoms. The molecule has 0 spiro atoms. The number of benzene rings is 1. The molecule has 0 unspecified atom stereocenters. The Morgan fingerprint density at radius 1 is 0.933 bits per heavy atom. The summed E-state index contributed by atoms with van der Waals surface area (Å²) in [7, 11) is 0. The van der Waals surface area contributed by atoms with E-state index < -0.39 is 0 Å². The minimum absolute atomic E-state index is 1.22. The third kappa shape index (κ3) is 2.84. The molecular weight excluding hydrogens is 180 g/mol. The average molecular weight is 201 g/mol. The average Bonchev–Trinajstić information content (AvgIpc) is 2.32. The Hall–Kier alpha value is -0.780. The summed E-state index contributed by atoms with van der Waals surface area (Å²) in [5.41, 5.74) is 2.98. The zero-order chi connectivity index (χ0) is 10.5. The maximum Gasteiger partial charge on any atom is 0.00498 e. The zero-order valence-electron chi connectivity index (χ0n) is 9.76. The van der Waals surface area contributed by atoms with Crippen molar-refractivity contribution in [2.45, 2.75) is 51.9 Å². The van der Waals surface area contributed by atoms with Gasteiger partial charge in [-0.15, -0.1) is 0 Å². The molecule has 1 aliphatic carbocycles. The van der Waals surface area contributed by atoms with Gasteiger partial charge in [0.15, 0.2) is 0 Å². The summed E-state index contributed by atoms with van der Waals surface area (Å²) in [6.45, 7) is 2.24. The molecular formula is C15H21. The second-order valence-electron chi connectivity index (χ2n) is 4.61. The molecule has 0 heterocycles. The van der Waals surface area contributed by atoms with E-state index in [9.17, 15) is 0 Å². The molecule has 1 aromatic carbocycles. The van der Waals surface area contributed by atoms with E-state index in [2.05, 4.69) is 31.2 Å². The summed E-state index contributed by atoms with van der Waals surface area (Å²) >= 11 is 0. The monoisotopic (exact) mass is 201 g/mol. The highest BCUT2D eigenvalue weighted by atomic mass is 14.2. The van der Waals surface area contributed by atoms with Crippen LogP contribution in [0.5, 0.6) is 0 Å². The molecule has 1 aromatic rings. The van der Waals surface area contributed by atoms with Crippen LogP contribution >= 0.6 is 0 Å². The van der Waals surface area contributed by atoms with Crippen molar-refractivity contribution < 1.29 is 0 Å². The SMILES string of the molecule is CCCc1ccc([C]2CCCCC2)cc1. The number of aryl methyl sites for hydroxylation is 1. The number of hydrogen-bond acceptors (Lipinski definition) is 0. The topological polar surface area (TPSA) is 0 Å². The van der Waals surface area contributed by atoms with Crippen LogP contribution in [-0.2, 0) is 6.42 Å². The Kier molecular flexibility index (Phi) is 3.82.